The van der Waals surface area contributed by atoms with Crippen molar-refractivity contribution in [3.63, 3.8) is 0 Å². The quantitative estimate of drug-likeness (QED) is 0.715. The minimum absolute atomic E-state index is 0.0215. The highest BCUT2D eigenvalue weighted by Crippen LogP contribution is 2.18. The fourth-order valence-corrected chi connectivity index (χ4v) is 2.30. The van der Waals surface area contributed by atoms with Crippen molar-refractivity contribution in [1.82, 2.24) is 5.32 Å². The van der Waals surface area contributed by atoms with Gasteiger partial charge in [0.05, 0.1) is 5.92 Å². The van der Waals surface area contributed by atoms with Gasteiger partial charge in [0.25, 0.3) is 0 Å². The molecule has 0 aromatic heterocycles. The first-order valence-corrected chi connectivity index (χ1v) is 7.50. The Morgan fingerprint density at radius 2 is 1.73 bits per heavy atom. The molecule has 0 fully saturated rings. The minimum Gasteiger partial charge on any atom is -0.399 e. The van der Waals surface area contributed by atoms with Crippen molar-refractivity contribution in [3.8, 4) is 0 Å². The van der Waals surface area contributed by atoms with E-state index in [1.165, 1.54) is 0 Å². The Balaban J connectivity index is 1.82. The number of carbonyl (C=O) groups excluding carboxylic acids is 1. The van der Waals surface area contributed by atoms with E-state index in [9.17, 15) is 4.79 Å². The summed E-state index contributed by atoms with van der Waals surface area (Å²) < 4.78 is 0. The Bertz CT molecular complexity index is 595. The van der Waals surface area contributed by atoms with Gasteiger partial charge in [-0.1, -0.05) is 49.4 Å². The maximum atomic E-state index is 12.2. The molecule has 0 saturated carbocycles. The van der Waals surface area contributed by atoms with Gasteiger partial charge in [0.15, 0.2) is 0 Å². The zero-order valence-corrected chi connectivity index (χ0v) is 12.8. The van der Waals surface area contributed by atoms with Crippen LogP contribution in [-0.2, 0) is 11.2 Å². The number of nitrogens with two attached hydrogens (primary N) is 2. The number of hydrogen-bond donors (Lipinski definition) is 3. The molecule has 4 nitrogen and oxygen atoms in total. The van der Waals surface area contributed by atoms with Crippen molar-refractivity contribution >= 4 is 11.6 Å². The lowest BCUT2D eigenvalue weighted by atomic mass is 9.94. The second-order valence-electron chi connectivity index (χ2n) is 5.51. The summed E-state index contributed by atoms with van der Waals surface area (Å²) in [7, 11) is 0. The second kappa shape index (κ2) is 7.61. The highest BCUT2D eigenvalue weighted by Gasteiger charge is 2.21. The molecular weight excluding hydrogens is 274 g/mol. The summed E-state index contributed by atoms with van der Waals surface area (Å²) in [5, 5.41) is 2.95. The van der Waals surface area contributed by atoms with Gasteiger partial charge in [0.2, 0.25) is 5.91 Å². The Labute approximate surface area is 131 Å². The van der Waals surface area contributed by atoms with E-state index >= 15 is 0 Å². The van der Waals surface area contributed by atoms with E-state index in [0.29, 0.717) is 6.54 Å². The standard InChI is InChI=1S/C18H23N3O/c1-13(17(20)15-5-3-2-4-6-15)18(22)21-12-11-14-7-9-16(19)10-8-14/h2-10,13,17H,11-12,19-20H2,1H3,(H,21,22). The van der Waals surface area contributed by atoms with E-state index in [4.69, 9.17) is 11.5 Å². The van der Waals surface area contributed by atoms with Gasteiger partial charge >= 0.3 is 0 Å². The van der Waals surface area contributed by atoms with Crippen molar-refractivity contribution in [1.29, 1.82) is 0 Å². The maximum Gasteiger partial charge on any atom is 0.224 e. The topological polar surface area (TPSA) is 81.1 Å². The molecule has 0 spiro atoms. The average molecular weight is 297 g/mol. The number of amides is 1. The molecule has 0 aliphatic rings. The van der Waals surface area contributed by atoms with E-state index in [1.54, 1.807) is 0 Å². The first-order chi connectivity index (χ1) is 10.6. The first-order valence-electron chi connectivity index (χ1n) is 7.50. The molecule has 5 N–H and O–H groups in total. The molecule has 2 rings (SSSR count). The number of benzene rings is 2. The van der Waals surface area contributed by atoms with Gasteiger partial charge in [-0.05, 0) is 29.7 Å². The highest BCUT2D eigenvalue weighted by molar-refractivity contribution is 5.79. The van der Waals surface area contributed by atoms with Crippen LogP contribution >= 0.6 is 0 Å². The summed E-state index contributed by atoms with van der Waals surface area (Å²) in [6.45, 7) is 2.45. The lowest BCUT2D eigenvalue weighted by Gasteiger charge is -2.19. The van der Waals surface area contributed by atoms with Gasteiger partial charge in [0, 0.05) is 18.3 Å². The molecule has 2 aromatic rings. The molecule has 2 unspecified atom stereocenters. The van der Waals surface area contributed by atoms with Gasteiger partial charge in [-0.2, -0.15) is 0 Å². The SMILES string of the molecule is CC(C(=O)NCCc1ccc(N)cc1)C(N)c1ccccc1. The predicted octanol–water partition coefficient (Wildman–Crippen LogP) is 2.26. The minimum atomic E-state index is -0.294. The molecule has 0 radical (unpaired) electrons. The van der Waals surface area contributed by atoms with Crippen molar-refractivity contribution in [3.05, 3.63) is 65.7 Å². The van der Waals surface area contributed by atoms with Crippen LogP contribution in [0.25, 0.3) is 0 Å². The van der Waals surface area contributed by atoms with Crippen molar-refractivity contribution in [2.45, 2.75) is 19.4 Å². The molecule has 0 aliphatic carbocycles. The summed E-state index contributed by atoms with van der Waals surface area (Å²) in [6, 6.07) is 17.1. The van der Waals surface area contributed by atoms with Crippen LogP contribution in [0.2, 0.25) is 0 Å². The van der Waals surface area contributed by atoms with Gasteiger partial charge < -0.3 is 16.8 Å². The van der Waals surface area contributed by atoms with E-state index in [-0.39, 0.29) is 17.9 Å². The van der Waals surface area contributed by atoms with Crippen LogP contribution in [-0.4, -0.2) is 12.5 Å². The summed E-state index contributed by atoms with van der Waals surface area (Å²) in [5.41, 5.74) is 14.7. The van der Waals surface area contributed by atoms with E-state index in [2.05, 4.69) is 5.32 Å². The third-order valence-corrected chi connectivity index (χ3v) is 3.83. The molecule has 0 bridgehead atoms. The zero-order chi connectivity index (χ0) is 15.9. The molecule has 2 aromatic carbocycles. The van der Waals surface area contributed by atoms with E-state index < -0.39 is 0 Å². The molecule has 4 heteroatoms. The molecule has 0 heterocycles. The van der Waals surface area contributed by atoms with Crippen molar-refractivity contribution < 1.29 is 4.79 Å². The fraction of sp³-hybridized carbons (Fsp3) is 0.278. The normalized spacial score (nSPS) is 13.4. The van der Waals surface area contributed by atoms with Gasteiger partial charge in [-0.25, -0.2) is 0 Å². The summed E-state index contributed by atoms with van der Waals surface area (Å²) in [6.07, 6.45) is 0.777. The molecule has 0 aliphatic heterocycles. The lowest BCUT2D eigenvalue weighted by molar-refractivity contribution is -0.125. The molecule has 2 atom stereocenters. The second-order valence-corrected chi connectivity index (χ2v) is 5.51. The predicted molar refractivity (Wildman–Crippen MR) is 90.1 cm³/mol. The van der Waals surface area contributed by atoms with Crippen LogP contribution in [0.3, 0.4) is 0 Å². The Morgan fingerprint density at radius 3 is 2.36 bits per heavy atom. The van der Waals surface area contributed by atoms with Crippen LogP contribution in [0.4, 0.5) is 5.69 Å². The molecule has 116 valence electrons. The Morgan fingerprint density at radius 1 is 1.09 bits per heavy atom. The van der Waals surface area contributed by atoms with E-state index in [0.717, 1.165) is 23.2 Å². The number of anilines is 1. The Kier molecular flexibility index (Phi) is 5.55. The number of rotatable bonds is 6. The number of hydrogen-bond acceptors (Lipinski definition) is 3. The van der Waals surface area contributed by atoms with Crippen LogP contribution in [0.15, 0.2) is 54.6 Å². The van der Waals surface area contributed by atoms with Crippen LogP contribution < -0.4 is 16.8 Å². The largest absolute Gasteiger partial charge is 0.399 e. The number of nitrogens with one attached hydrogen (secondary N) is 1. The third-order valence-electron chi connectivity index (χ3n) is 3.83. The van der Waals surface area contributed by atoms with Crippen molar-refractivity contribution in [2.75, 3.05) is 12.3 Å². The third kappa shape index (κ3) is 4.33. The molecule has 22 heavy (non-hydrogen) atoms. The number of carbonyl (C=O) groups is 1. The first kappa shape index (κ1) is 16.0. The number of nitrogen functional groups attached to an aromatic ring is 1. The average Bonchev–Trinajstić information content (AvgIpc) is 2.56. The lowest BCUT2D eigenvalue weighted by Crippen LogP contribution is -2.36. The van der Waals surface area contributed by atoms with Crippen LogP contribution in [0, 0.1) is 5.92 Å². The monoisotopic (exact) mass is 297 g/mol. The maximum absolute atomic E-state index is 12.2. The van der Waals surface area contributed by atoms with Gasteiger partial charge in [0.1, 0.15) is 0 Å². The van der Waals surface area contributed by atoms with Crippen LogP contribution in [0.1, 0.15) is 24.1 Å². The van der Waals surface area contributed by atoms with Crippen molar-refractivity contribution in [2.24, 2.45) is 11.7 Å². The van der Waals surface area contributed by atoms with E-state index in [1.807, 2.05) is 61.5 Å². The Hall–Kier alpha value is -2.33. The summed E-state index contributed by atoms with van der Waals surface area (Å²) in [4.78, 5) is 12.2. The smallest absolute Gasteiger partial charge is 0.224 e. The molecule has 0 saturated heterocycles. The van der Waals surface area contributed by atoms with Gasteiger partial charge in [-0.15, -0.1) is 0 Å². The van der Waals surface area contributed by atoms with Crippen LogP contribution in [0.5, 0.6) is 0 Å². The molecular formula is C18H23N3O. The highest BCUT2D eigenvalue weighted by atomic mass is 16.1. The summed E-state index contributed by atoms with van der Waals surface area (Å²) >= 11 is 0. The fourth-order valence-electron chi connectivity index (χ4n) is 2.30. The summed E-state index contributed by atoms with van der Waals surface area (Å²) in [5.74, 6) is -0.291. The molecule has 1 amide bonds. The zero-order valence-electron chi connectivity index (χ0n) is 12.8. The van der Waals surface area contributed by atoms with Gasteiger partial charge in [-0.3, -0.25) is 4.79 Å².